The number of aryl methyl sites for hydroxylation is 1. The van der Waals surface area contributed by atoms with Crippen molar-refractivity contribution in [2.45, 2.75) is 32.3 Å². The van der Waals surface area contributed by atoms with Crippen LogP contribution in [0, 0.1) is 0 Å². The molecule has 1 aromatic heterocycles. The van der Waals surface area contributed by atoms with Crippen molar-refractivity contribution in [3.8, 4) is 0 Å². The van der Waals surface area contributed by atoms with Crippen LogP contribution < -0.4 is 11.1 Å². The predicted octanol–water partition coefficient (Wildman–Crippen LogP) is 1.20. The summed E-state index contributed by atoms with van der Waals surface area (Å²) in [4.78, 5) is 34.4. The Morgan fingerprint density at radius 1 is 1.47 bits per heavy atom. The van der Waals surface area contributed by atoms with Gasteiger partial charge >= 0.3 is 12.0 Å². The summed E-state index contributed by atoms with van der Waals surface area (Å²) in [5, 5.41) is 3.83. The van der Waals surface area contributed by atoms with E-state index in [1.165, 1.54) is 11.8 Å². The van der Waals surface area contributed by atoms with Crippen LogP contribution in [0.4, 0.5) is 4.79 Å². The molecule has 0 radical (unpaired) electrons. The van der Waals surface area contributed by atoms with Crippen LogP contribution in [-0.2, 0) is 20.7 Å². The first-order valence-corrected chi connectivity index (χ1v) is 6.69. The summed E-state index contributed by atoms with van der Waals surface area (Å²) in [7, 11) is 0. The molecule has 1 atom stereocenters. The monoisotopic (exact) mass is 284 g/mol. The second kappa shape index (κ2) is 7.52. The zero-order chi connectivity index (χ0) is 14.3. The van der Waals surface area contributed by atoms with Crippen molar-refractivity contribution in [2.75, 3.05) is 0 Å². The van der Waals surface area contributed by atoms with Crippen LogP contribution in [0.3, 0.4) is 0 Å². The molecule has 0 spiro atoms. The average molecular weight is 284 g/mol. The summed E-state index contributed by atoms with van der Waals surface area (Å²) in [5.74, 6) is -1.19. The van der Waals surface area contributed by atoms with Crippen LogP contribution in [0.1, 0.15) is 24.6 Å². The topological polar surface area (TPSA) is 98.5 Å². The Morgan fingerprint density at radius 2 is 2.21 bits per heavy atom. The number of thiophene rings is 1. The lowest BCUT2D eigenvalue weighted by molar-refractivity contribution is -0.154. The molecule has 6 nitrogen and oxygen atoms in total. The Kier molecular flexibility index (Phi) is 6.01. The minimum Gasteiger partial charge on any atom is -0.453 e. The van der Waals surface area contributed by atoms with Gasteiger partial charge in [0.2, 0.25) is 0 Å². The van der Waals surface area contributed by atoms with Crippen molar-refractivity contribution < 1.29 is 19.1 Å². The smallest absolute Gasteiger partial charge is 0.318 e. The number of nitrogens with two attached hydrogens (primary N) is 1. The number of rotatable bonds is 6. The number of primary amides is 1. The van der Waals surface area contributed by atoms with Crippen LogP contribution in [0.15, 0.2) is 17.5 Å². The van der Waals surface area contributed by atoms with Crippen molar-refractivity contribution in [3.05, 3.63) is 22.4 Å². The molecule has 1 rings (SSSR count). The Balaban J connectivity index is 2.23. The van der Waals surface area contributed by atoms with E-state index in [0.29, 0.717) is 6.42 Å². The minimum absolute atomic E-state index is 0.228. The summed E-state index contributed by atoms with van der Waals surface area (Å²) in [6.07, 6.45) is 0.659. The SMILES string of the molecule is CC(OC(=O)CCCc1cccs1)C(=O)NC(N)=O. The molecule has 7 heteroatoms. The highest BCUT2D eigenvalue weighted by atomic mass is 32.1. The molecule has 104 valence electrons. The fourth-order valence-electron chi connectivity index (χ4n) is 1.39. The maximum absolute atomic E-state index is 11.5. The first-order chi connectivity index (χ1) is 8.99. The standard InChI is InChI=1S/C12H16N2O4S/c1-8(11(16)14-12(13)17)18-10(15)6-2-4-9-5-3-7-19-9/h3,5,7-8H,2,4,6H2,1H3,(H3,13,14,16,17). The highest BCUT2D eigenvalue weighted by Crippen LogP contribution is 2.12. The average Bonchev–Trinajstić information content (AvgIpc) is 2.81. The van der Waals surface area contributed by atoms with Crippen LogP contribution in [0.5, 0.6) is 0 Å². The Labute approximate surface area is 114 Å². The maximum Gasteiger partial charge on any atom is 0.318 e. The summed E-state index contributed by atoms with van der Waals surface area (Å²) in [5.41, 5.74) is 4.79. The molecule has 0 aromatic carbocycles. The number of hydrogen-bond donors (Lipinski definition) is 2. The zero-order valence-corrected chi connectivity index (χ0v) is 11.4. The van der Waals surface area contributed by atoms with Gasteiger partial charge in [0.15, 0.2) is 6.10 Å². The lowest BCUT2D eigenvalue weighted by Crippen LogP contribution is -2.42. The first-order valence-electron chi connectivity index (χ1n) is 5.81. The summed E-state index contributed by atoms with van der Waals surface area (Å²) < 4.78 is 4.88. The van der Waals surface area contributed by atoms with Crippen molar-refractivity contribution >= 4 is 29.2 Å². The molecule has 19 heavy (non-hydrogen) atoms. The van der Waals surface area contributed by atoms with Gasteiger partial charge in [-0.25, -0.2) is 4.79 Å². The largest absolute Gasteiger partial charge is 0.453 e. The number of ether oxygens (including phenoxy) is 1. The molecule has 1 heterocycles. The van der Waals surface area contributed by atoms with E-state index in [9.17, 15) is 14.4 Å². The lowest BCUT2D eigenvalue weighted by atomic mass is 10.2. The molecule has 0 saturated heterocycles. The fourth-order valence-corrected chi connectivity index (χ4v) is 2.15. The van der Waals surface area contributed by atoms with Gasteiger partial charge in [0, 0.05) is 11.3 Å². The summed E-state index contributed by atoms with van der Waals surface area (Å²) in [6, 6.07) is 2.98. The quantitative estimate of drug-likeness (QED) is 0.767. The molecule has 0 bridgehead atoms. The van der Waals surface area contributed by atoms with Crippen molar-refractivity contribution in [3.63, 3.8) is 0 Å². The Bertz CT molecular complexity index is 445. The molecule has 0 aliphatic rings. The van der Waals surface area contributed by atoms with Crippen LogP contribution in [0.2, 0.25) is 0 Å². The van der Waals surface area contributed by atoms with E-state index in [1.54, 1.807) is 11.3 Å². The number of carbonyl (C=O) groups excluding carboxylic acids is 3. The van der Waals surface area contributed by atoms with Crippen LogP contribution in [0.25, 0.3) is 0 Å². The van der Waals surface area contributed by atoms with Gasteiger partial charge in [-0.1, -0.05) is 6.07 Å². The number of imide groups is 1. The van der Waals surface area contributed by atoms with Gasteiger partial charge in [0.25, 0.3) is 5.91 Å². The van der Waals surface area contributed by atoms with Crippen LogP contribution >= 0.6 is 11.3 Å². The number of urea groups is 1. The van der Waals surface area contributed by atoms with Gasteiger partial charge in [0.1, 0.15) is 0 Å². The summed E-state index contributed by atoms with van der Waals surface area (Å²) >= 11 is 1.63. The molecule has 0 saturated carbocycles. The number of hydrogen-bond acceptors (Lipinski definition) is 5. The number of amides is 3. The van der Waals surface area contributed by atoms with Crippen LogP contribution in [-0.4, -0.2) is 24.0 Å². The van der Waals surface area contributed by atoms with E-state index in [4.69, 9.17) is 10.5 Å². The van der Waals surface area contributed by atoms with Gasteiger partial charge in [0.05, 0.1) is 0 Å². The third-order valence-corrected chi connectivity index (χ3v) is 3.24. The van der Waals surface area contributed by atoms with Crippen molar-refractivity contribution in [1.82, 2.24) is 5.32 Å². The molecule has 0 aliphatic carbocycles. The third-order valence-electron chi connectivity index (χ3n) is 2.31. The first kappa shape index (κ1) is 15.2. The predicted molar refractivity (Wildman–Crippen MR) is 70.5 cm³/mol. The molecule has 1 aromatic rings. The summed E-state index contributed by atoms with van der Waals surface area (Å²) in [6.45, 7) is 1.38. The highest BCUT2D eigenvalue weighted by molar-refractivity contribution is 7.09. The minimum atomic E-state index is -1.03. The second-order valence-electron chi connectivity index (χ2n) is 3.92. The van der Waals surface area contributed by atoms with Crippen molar-refractivity contribution in [1.29, 1.82) is 0 Å². The molecular formula is C12H16N2O4S. The van der Waals surface area contributed by atoms with Gasteiger partial charge in [-0.3, -0.25) is 14.9 Å². The van der Waals surface area contributed by atoms with E-state index in [-0.39, 0.29) is 6.42 Å². The molecule has 3 N–H and O–H groups in total. The number of nitrogens with one attached hydrogen (secondary N) is 1. The number of carbonyl (C=O) groups is 3. The zero-order valence-electron chi connectivity index (χ0n) is 10.5. The Morgan fingerprint density at radius 3 is 2.79 bits per heavy atom. The molecule has 0 fully saturated rings. The number of esters is 1. The normalized spacial score (nSPS) is 11.6. The molecule has 3 amide bonds. The molecular weight excluding hydrogens is 268 g/mol. The fraction of sp³-hybridized carbons (Fsp3) is 0.417. The second-order valence-corrected chi connectivity index (χ2v) is 4.95. The van der Waals surface area contributed by atoms with Gasteiger partial charge < -0.3 is 10.5 Å². The van der Waals surface area contributed by atoms with Crippen molar-refractivity contribution in [2.24, 2.45) is 5.73 Å². The van der Waals surface area contributed by atoms with Gasteiger partial charge in [-0.05, 0) is 31.2 Å². The van der Waals surface area contributed by atoms with Gasteiger partial charge in [-0.15, -0.1) is 11.3 Å². The van der Waals surface area contributed by atoms with E-state index in [1.807, 2.05) is 22.8 Å². The third kappa shape index (κ3) is 6.01. The Hall–Kier alpha value is -1.89. The van der Waals surface area contributed by atoms with E-state index in [2.05, 4.69) is 0 Å². The van der Waals surface area contributed by atoms with Gasteiger partial charge in [-0.2, -0.15) is 0 Å². The lowest BCUT2D eigenvalue weighted by Gasteiger charge is -2.11. The molecule has 0 aliphatic heterocycles. The maximum atomic E-state index is 11.5. The molecule has 1 unspecified atom stereocenters. The highest BCUT2D eigenvalue weighted by Gasteiger charge is 2.18. The van der Waals surface area contributed by atoms with E-state index in [0.717, 1.165) is 6.42 Å². The van der Waals surface area contributed by atoms with E-state index < -0.39 is 24.0 Å². The van der Waals surface area contributed by atoms with E-state index >= 15 is 0 Å².